The van der Waals surface area contributed by atoms with Crippen LogP contribution in [0.15, 0.2) is 150 Å². The van der Waals surface area contributed by atoms with Gasteiger partial charge in [-0.2, -0.15) is 0 Å². The summed E-state index contributed by atoms with van der Waals surface area (Å²) in [6, 6.07) is 45.0. The molecule has 0 amide bonds. The van der Waals surface area contributed by atoms with Gasteiger partial charge in [0.25, 0.3) is 0 Å². The van der Waals surface area contributed by atoms with Gasteiger partial charge in [-0.25, -0.2) is 4.79 Å². The van der Waals surface area contributed by atoms with Crippen LogP contribution in [0.2, 0.25) is 0 Å². The van der Waals surface area contributed by atoms with E-state index in [2.05, 4.69) is 82.3 Å². The lowest BCUT2D eigenvalue weighted by atomic mass is 10.0. The highest BCUT2D eigenvalue weighted by Gasteiger charge is 2.15. The molecule has 0 aliphatic carbocycles. The molecule has 0 aliphatic rings. The number of hydrogen-bond donors (Lipinski definition) is 0. The SMILES string of the molecule is C=C(C)C(=O)OCCCCCCOc1ccc(-c2ccc(-c3nnc(-c4ccc(N(c5ccccc5)c5ccccc5)cc4)o3)cc2)cc1. The number of esters is 1. The highest BCUT2D eigenvalue weighted by atomic mass is 16.5. The zero-order valence-electron chi connectivity index (χ0n) is 27.6. The Hall–Kier alpha value is -5.95. The minimum atomic E-state index is -0.322. The summed E-state index contributed by atoms with van der Waals surface area (Å²) in [6.07, 6.45) is 3.80. The predicted octanol–water partition coefficient (Wildman–Crippen LogP) is 10.6. The van der Waals surface area contributed by atoms with Crippen molar-refractivity contribution in [1.29, 1.82) is 0 Å². The number of anilines is 3. The second-order valence-corrected chi connectivity index (χ2v) is 11.7. The maximum Gasteiger partial charge on any atom is 0.333 e. The lowest BCUT2D eigenvalue weighted by Gasteiger charge is -2.25. The number of ether oxygens (including phenoxy) is 2. The van der Waals surface area contributed by atoms with Gasteiger partial charge in [0.15, 0.2) is 0 Å². The number of nitrogens with zero attached hydrogens (tertiary/aromatic N) is 3. The molecule has 0 spiro atoms. The lowest BCUT2D eigenvalue weighted by molar-refractivity contribution is -0.139. The van der Waals surface area contributed by atoms with Crippen LogP contribution >= 0.6 is 0 Å². The minimum Gasteiger partial charge on any atom is -0.494 e. The Balaban J connectivity index is 1.02. The highest BCUT2D eigenvalue weighted by Crippen LogP contribution is 2.35. The van der Waals surface area contributed by atoms with Gasteiger partial charge >= 0.3 is 5.97 Å². The van der Waals surface area contributed by atoms with Gasteiger partial charge in [0.2, 0.25) is 11.8 Å². The standard InChI is InChI=1S/C42H39N3O4/c1-31(2)42(46)48-30-12-4-3-11-29-47-39-27-23-33(24-28-39)32-17-19-34(20-18-32)40-43-44-41(49-40)35-21-25-38(26-22-35)45(36-13-7-5-8-14-36)37-15-9-6-10-16-37/h5-10,13-28H,1,3-4,11-12,29-30H2,2H3. The fourth-order valence-electron chi connectivity index (χ4n) is 5.40. The maximum atomic E-state index is 11.4. The van der Waals surface area contributed by atoms with E-state index in [1.807, 2.05) is 72.8 Å². The molecule has 49 heavy (non-hydrogen) atoms. The number of rotatable bonds is 15. The van der Waals surface area contributed by atoms with Gasteiger partial charge in [-0.3, -0.25) is 0 Å². The first kappa shape index (κ1) is 33.0. The Morgan fingerprint density at radius 3 is 1.57 bits per heavy atom. The number of aromatic nitrogens is 2. The van der Waals surface area contributed by atoms with Crippen LogP contribution in [0.3, 0.4) is 0 Å². The van der Waals surface area contributed by atoms with Gasteiger partial charge in [0, 0.05) is 33.8 Å². The van der Waals surface area contributed by atoms with Crippen LogP contribution in [-0.4, -0.2) is 29.4 Å². The fourth-order valence-corrected chi connectivity index (χ4v) is 5.40. The van der Waals surface area contributed by atoms with Crippen molar-refractivity contribution in [1.82, 2.24) is 10.2 Å². The number of benzene rings is 5. The first-order valence-corrected chi connectivity index (χ1v) is 16.6. The molecule has 7 heteroatoms. The number of hydrogen-bond acceptors (Lipinski definition) is 7. The van der Waals surface area contributed by atoms with Crippen molar-refractivity contribution in [2.45, 2.75) is 32.6 Å². The van der Waals surface area contributed by atoms with Crippen molar-refractivity contribution in [3.05, 3.63) is 146 Å². The second-order valence-electron chi connectivity index (χ2n) is 11.7. The quantitative estimate of drug-likeness (QED) is 0.0622. The second kappa shape index (κ2) is 16.2. The van der Waals surface area contributed by atoms with Crippen LogP contribution in [-0.2, 0) is 9.53 Å². The maximum absolute atomic E-state index is 11.4. The number of carbonyl (C=O) groups is 1. The van der Waals surface area contributed by atoms with Crippen molar-refractivity contribution >= 4 is 23.0 Å². The van der Waals surface area contributed by atoms with Gasteiger partial charge in [-0.1, -0.05) is 67.2 Å². The van der Waals surface area contributed by atoms with Gasteiger partial charge in [-0.15, -0.1) is 10.2 Å². The van der Waals surface area contributed by atoms with E-state index in [4.69, 9.17) is 13.9 Å². The molecule has 6 aromatic rings. The van der Waals surface area contributed by atoms with Gasteiger partial charge < -0.3 is 18.8 Å². The molecule has 1 aromatic heterocycles. The first-order valence-electron chi connectivity index (χ1n) is 16.6. The molecular weight excluding hydrogens is 610 g/mol. The summed E-state index contributed by atoms with van der Waals surface area (Å²) in [7, 11) is 0. The fraction of sp³-hybridized carbons (Fsp3) is 0.167. The van der Waals surface area contributed by atoms with Crippen molar-refractivity contribution in [3.63, 3.8) is 0 Å². The zero-order valence-corrected chi connectivity index (χ0v) is 27.6. The van der Waals surface area contributed by atoms with Gasteiger partial charge in [0.1, 0.15) is 5.75 Å². The number of para-hydroxylation sites is 2. The van der Waals surface area contributed by atoms with Crippen LogP contribution in [0, 0.1) is 0 Å². The molecule has 0 saturated heterocycles. The third kappa shape index (κ3) is 8.70. The summed E-state index contributed by atoms with van der Waals surface area (Å²) in [6.45, 7) is 6.33. The Labute approximate surface area is 287 Å². The molecule has 0 unspecified atom stereocenters. The van der Waals surface area contributed by atoms with Crippen LogP contribution < -0.4 is 9.64 Å². The van der Waals surface area contributed by atoms with E-state index in [-0.39, 0.29) is 5.97 Å². The molecule has 0 aliphatic heterocycles. The number of carbonyl (C=O) groups excluding carboxylic acids is 1. The molecule has 6 rings (SSSR count). The summed E-state index contributed by atoms with van der Waals surface area (Å²) in [5.41, 5.74) is 7.50. The van der Waals surface area contributed by atoms with Crippen LogP contribution in [0.1, 0.15) is 32.6 Å². The Morgan fingerprint density at radius 2 is 1.04 bits per heavy atom. The molecule has 0 radical (unpaired) electrons. The average Bonchev–Trinajstić information content (AvgIpc) is 3.65. The molecule has 0 bridgehead atoms. The first-order chi connectivity index (χ1) is 24.0. The van der Waals surface area contributed by atoms with Crippen LogP contribution in [0.5, 0.6) is 5.75 Å². The normalized spacial score (nSPS) is 10.8. The summed E-state index contributed by atoms with van der Waals surface area (Å²) in [5, 5.41) is 8.67. The predicted molar refractivity (Wildman–Crippen MR) is 195 cm³/mol. The average molecular weight is 650 g/mol. The van der Waals surface area contributed by atoms with E-state index < -0.39 is 0 Å². The third-order valence-corrected chi connectivity index (χ3v) is 8.03. The van der Waals surface area contributed by atoms with Crippen LogP contribution in [0.4, 0.5) is 17.1 Å². The van der Waals surface area contributed by atoms with Gasteiger partial charge in [-0.05, 0) is 117 Å². The van der Waals surface area contributed by atoms with E-state index in [1.54, 1.807) is 6.92 Å². The highest BCUT2D eigenvalue weighted by molar-refractivity contribution is 5.86. The van der Waals surface area contributed by atoms with Crippen molar-refractivity contribution in [3.8, 4) is 39.8 Å². The molecule has 0 N–H and O–H groups in total. The van der Waals surface area contributed by atoms with E-state index in [1.165, 1.54) is 0 Å². The monoisotopic (exact) mass is 649 g/mol. The summed E-state index contributed by atoms with van der Waals surface area (Å²) >= 11 is 0. The molecular formula is C42H39N3O4. The Kier molecular flexibility index (Phi) is 10.9. The summed E-state index contributed by atoms with van der Waals surface area (Å²) in [4.78, 5) is 13.6. The van der Waals surface area contributed by atoms with E-state index >= 15 is 0 Å². The van der Waals surface area contributed by atoms with Crippen molar-refractivity contribution in [2.24, 2.45) is 0 Å². The van der Waals surface area contributed by atoms with E-state index in [0.717, 1.165) is 70.7 Å². The molecule has 0 saturated carbocycles. The lowest BCUT2D eigenvalue weighted by Crippen LogP contribution is -2.09. The van der Waals surface area contributed by atoms with Crippen molar-refractivity contribution < 1.29 is 18.7 Å². The van der Waals surface area contributed by atoms with Crippen LogP contribution in [0.25, 0.3) is 34.0 Å². The van der Waals surface area contributed by atoms with Gasteiger partial charge in [0.05, 0.1) is 13.2 Å². The Morgan fingerprint density at radius 1 is 0.592 bits per heavy atom. The van der Waals surface area contributed by atoms with Crippen molar-refractivity contribution in [2.75, 3.05) is 18.1 Å². The molecule has 1 heterocycles. The molecule has 5 aromatic carbocycles. The van der Waals surface area contributed by atoms with E-state index in [9.17, 15) is 4.79 Å². The topological polar surface area (TPSA) is 77.7 Å². The molecule has 0 atom stereocenters. The zero-order chi connectivity index (χ0) is 33.8. The summed E-state index contributed by atoms with van der Waals surface area (Å²) in [5.74, 6) is 1.46. The molecule has 246 valence electrons. The Bertz CT molecular complexity index is 1900. The number of unbranched alkanes of at least 4 members (excludes halogenated alkanes) is 3. The van der Waals surface area contributed by atoms with E-state index in [0.29, 0.717) is 30.6 Å². The minimum absolute atomic E-state index is 0.322. The molecule has 7 nitrogen and oxygen atoms in total. The largest absolute Gasteiger partial charge is 0.494 e. The molecule has 0 fully saturated rings. The summed E-state index contributed by atoms with van der Waals surface area (Å²) < 4.78 is 17.1. The smallest absolute Gasteiger partial charge is 0.333 e. The third-order valence-electron chi connectivity index (χ3n) is 8.03.